The van der Waals surface area contributed by atoms with Gasteiger partial charge in [0.2, 0.25) is 5.91 Å². The lowest BCUT2D eigenvalue weighted by Gasteiger charge is -2.16. The molecule has 0 fully saturated rings. The third-order valence-corrected chi connectivity index (χ3v) is 5.51. The van der Waals surface area contributed by atoms with E-state index in [-0.39, 0.29) is 11.7 Å². The summed E-state index contributed by atoms with van der Waals surface area (Å²) in [4.78, 5) is 14.1. The molecule has 2 heterocycles. The Morgan fingerprint density at radius 2 is 2.00 bits per heavy atom. The second kappa shape index (κ2) is 8.31. The minimum absolute atomic E-state index is 0.000639. The lowest BCUT2D eigenvalue weighted by Crippen LogP contribution is -2.27. The Balaban J connectivity index is 1.71. The van der Waals surface area contributed by atoms with Gasteiger partial charge in [-0.25, -0.2) is 0 Å². The molecular weight excluding hydrogens is 428 g/mol. The molecule has 3 aromatic rings. The number of nitrogens with zero attached hydrogens (tertiary/aromatic N) is 4. The van der Waals surface area contributed by atoms with E-state index in [0.29, 0.717) is 16.4 Å². The molecule has 0 aliphatic rings. The van der Waals surface area contributed by atoms with Crippen molar-refractivity contribution in [2.24, 2.45) is 0 Å². The van der Waals surface area contributed by atoms with E-state index >= 15 is 0 Å². The van der Waals surface area contributed by atoms with Gasteiger partial charge in [-0.15, -0.1) is 10.2 Å². The van der Waals surface area contributed by atoms with Crippen molar-refractivity contribution in [2.45, 2.75) is 32.5 Å². The lowest BCUT2D eigenvalue weighted by molar-refractivity contribution is -0.127. The van der Waals surface area contributed by atoms with Crippen LogP contribution in [0.5, 0.6) is 0 Å². The zero-order chi connectivity index (χ0) is 19.6. The molecule has 2 aromatic heterocycles. The minimum Gasteiger partial charge on any atom is -0.452 e. The molecule has 0 saturated heterocycles. The van der Waals surface area contributed by atoms with Crippen molar-refractivity contribution in [3.8, 4) is 5.69 Å². The molecule has 0 aliphatic carbocycles. The van der Waals surface area contributed by atoms with Crippen molar-refractivity contribution in [3.63, 3.8) is 0 Å². The lowest BCUT2D eigenvalue weighted by atomic mass is 10.1. The molecule has 0 unspecified atom stereocenters. The molecule has 8 heteroatoms. The molecule has 0 aliphatic heterocycles. The number of thioether (sulfide) groups is 1. The zero-order valence-electron chi connectivity index (χ0n) is 15.7. The van der Waals surface area contributed by atoms with Crippen LogP contribution in [0.4, 0.5) is 0 Å². The van der Waals surface area contributed by atoms with Crippen molar-refractivity contribution in [1.82, 2.24) is 19.7 Å². The quantitative estimate of drug-likeness (QED) is 0.525. The molecule has 0 bridgehead atoms. The van der Waals surface area contributed by atoms with Gasteiger partial charge in [-0.3, -0.25) is 9.36 Å². The standard InChI is InChI=1S/C19H21BrN4O2S/c1-12-5-6-13(2)16(9-12)24-14(3)21-22-19(24)27-11-18(25)23(4)10-15-7-8-17(20)26-15/h5-9H,10-11H2,1-4H3. The van der Waals surface area contributed by atoms with Gasteiger partial charge in [0.15, 0.2) is 9.83 Å². The number of rotatable bonds is 6. The molecule has 6 nitrogen and oxygen atoms in total. The maximum atomic E-state index is 12.5. The minimum atomic E-state index is 0.000639. The van der Waals surface area contributed by atoms with Crippen LogP contribution < -0.4 is 0 Å². The molecule has 1 amide bonds. The van der Waals surface area contributed by atoms with Gasteiger partial charge in [0.05, 0.1) is 18.0 Å². The Kier molecular flexibility index (Phi) is 6.06. The van der Waals surface area contributed by atoms with E-state index in [9.17, 15) is 4.79 Å². The summed E-state index contributed by atoms with van der Waals surface area (Å²) in [6.07, 6.45) is 0. The van der Waals surface area contributed by atoms with Crippen LogP contribution in [0.1, 0.15) is 22.7 Å². The van der Waals surface area contributed by atoms with Crippen LogP contribution in [0.25, 0.3) is 5.69 Å². The van der Waals surface area contributed by atoms with Crippen molar-refractivity contribution >= 4 is 33.6 Å². The Hall–Kier alpha value is -2.06. The summed E-state index contributed by atoms with van der Waals surface area (Å²) in [6, 6.07) is 9.94. The molecule has 0 saturated carbocycles. The molecule has 0 atom stereocenters. The first kappa shape index (κ1) is 19.7. The van der Waals surface area contributed by atoms with Crippen molar-refractivity contribution in [1.29, 1.82) is 0 Å². The number of aromatic nitrogens is 3. The molecular formula is C19H21BrN4O2S. The normalized spacial score (nSPS) is 11.0. The van der Waals surface area contributed by atoms with Crippen molar-refractivity contribution in [2.75, 3.05) is 12.8 Å². The van der Waals surface area contributed by atoms with Gasteiger partial charge in [-0.05, 0) is 66.0 Å². The maximum absolute atomic E-state index is 12.5. The number of benzene rings is 1. The highest BCUT2D eigenvalue weighted by molar-refractivity contribution is 9.10. The molecule has 3 rings (SSSR count). The summed E-state index contributed by atoms with van der Waals surface area (Å²) in [5, 5.41) is 9.18. The van der Waals surface area contributed by atoms with Gasteiger partial charge >= 0.3 is 0 Å². The van der Waals surface area contributed by atoms with Gasteiger partial charge in [0.1, 0.15) is 11.6 Å². The predicted molar refractivity (Wildman–Crippen MR) is 109 cm³/mol. The smallest absolute Gasteiger partial charge is 0.233 e. The van der Waals surface area contributed by atoms with Gasteiger partial charge < -0.3 is 9.32 Å². The SMILES string of the molecule is Cc1ccc(C)c(-n2c(C)nnc2SCC(=O)N(C)Cc2ccc(Br)o2)c1. The van der Waals surface area contributed by atoms with E-state index in [1.807, 2.05) is 23.6 Å². The number of aryl methyl sites for hydroxylation is 3. The van der Waals surface area contributed by atoms with E-state index in [1.54, 1.807) is 11.9 Å². The van der Waals surface area contributed by atoms with Gasteiger partial charge in [0, 0.05) is 7.05 Å². The number of hydrogen-bond acceptors (Lipinski definition) is 5. The highest BCUT2D eigenvalue weighted by Gasteiger charge is 2.17. The number of furan rings is 1. The molecule has 142 valence electrons. The highest BCUT2D eigenvalue weighted by Crippen LogP contribution is 2.25. The maximum Gasteiger partial charge on any atom is 0.233 e. The Bertz CT molecular complexity index is 967. The number of carbonyl (C=O) groups excluding carboxylic acids is 1. The fourth-order valence-corrected chi connectivity index (χ4v) is 3.94. The van der Waals surface area contributed by atoms with E-state index in [2.05, 4.69) is 58.2 Å². The van der Waals surface area contributed by atoms with Crippen LogP contribution in [0.15, 0.2) is 44.6 Å². The average molecular weight is 449 g/mol. The predicted octanol–water partition coefficient (Wildman–Crippen LogP) is 4.30. The van der Waals surface area contributed by atoms with E-state index in [1.165, 1.54) is 17.3 Å². The van der Waals surface area contributed by atoms with Crippen molar-refractivity contribution in [3.05, 3.63) is 57.7 Å². The van der Waals surface area contributed by atoms with E-state index < -0.39 is 0 Å². The Labute approximate surface area is 171 Å². The molecule has 0 spiro atoms. The monoisotopic (exact) mass is 448 g/mol. The fraction of sp³-hybridized carbons (Fsp3) is 0.316. The first-order valence-electron chi connectivity index (χ1n) is 8.46. The van der Waals surface area contributed by atoms with Crippen molar-refractivity contribution < 1.29 is 9.21 Å². The second-order valence-electron chi connectivity index (χ2n) is 6.40. The fourth-order valence-electron chi connectivity index (χ4n) is 2.67. The van der Waals surface area contributed by atoms with Crippen LogP contribution in [0, 0.1) is 20.8 Å². The van der Waals surface area contributed by atoms with E-state index in [0.717, 1.165) is 22.8 Å². The zero-order valence-corrected chi connectivity index (χ0v) is 18.1. The largest absolute Gasteiger partial charge is 0.452 e. The summed E-state index contributed by atoms with van der Waals surface area (Å²) in [5.41, 5.74) is 3.35. The van der Waals surface area contributed by atoms with Gasteiger partial charge in [-0.1, -0.05) is 23.9 Å². The first-order chi connectivity index (χ1) is 12.8. The van der Waals surface area contributed by atoms with Crippen LogP contribution in [0.2, 0.25) is 0 Å². The number of hydrogen-bond donors (Lipinski definition) is 0. The molecule has 1 aromatic carbocycles. The van der Waals surface area contributed by atoms with Crippen LogP contribution in [-0.4, -0.2) is 38.4 Å². The highest BCUT2D eigenvalue weighted by atomic mass is 79.9. The summed E-state index contributed by atoms with van der Waals surface area (Å²) < 4.78 is 8.12. The third kappa shape index (κ3) is 4.62. The summed E-state index contributed by atoms with van der Waals surface area (Å²) in [6.45, 7) is 6.46. The number of halogens is 1. The summed E-state index contributed by atoms with van der Waals surface area (Å²) >= 11 is 4.66. The Morgan fingerprint density at radius 3 is 2.70 bits per heavy atom. The summed E-state index contributed by atoms with van der Waals surface area (Å²) in [5.74, 6) is 1.81. The summed E-state index contributed by atoms with van der Waals surface area (Å²) in [7, 11) is 1.76. The average Bonchev–Trinajstić information content (AvgIpc) is 3.20. The third-order valence-electron chi connectivity index (χ3n) is 4.17. The van der Waals surface area contributed by atoms with Gasteiger partial charge in [0.25, 0.3) is 0 Å². The molecule has 0 radical (unpaired) electrons. The Morgan fingerprint density at radius 1 is 1.22 bits per heavy atom. The first-order valence-corrected chi connectivity index (χ1v) is 10.2. The van der Waals surface area contributed by atoms with Crippen LogP contribution in [-0.2, 0) is 11.3 Å². The van der Waals surface area contributed by atoms with Gasteiger partial charge in [-0.2, -0.15) is 0 Å². The number of carbonyl (C=O) groups is 1. The number of amides is 1. The van der Waals surface area contributed by atoms with E-state index in [4.69, 9.17) is 4.42 Å². The molecule has 0 N–H and O–H groups in total. The van der Waals surface area contributed by atoms with Crippen LogP contribution >= 0.6 is 27.7 Å². The second-order valence-corrected chi connectivity index (χ2v) is 8.12. The molecule has 27 heavy (non-hydrogen) atoms. The topological polar surface area (TPSA) is 64.2 Å². The van der Waals surface area contributed by atoms with Crippen LogP contribution in [0.3, 0.4) is 0 Å².